The van der Waals surface area contributed by atoms with E-state index in [1.165, 1.54) is 24.1 Å². The lowest BCUT2D eigenvalue weighted by Gasteiger charge is -2.41. The first-order valence-electron chi connectivity index (χ1n) is 8.60. The maximum absolute atomic E-state index is 12.6. The number of carbonyl (C=O) groups is 3. The highest BCUT2D eigenvalue weighted by atomic mass is 19.4. The molecule has 8 nitrogen and oxygen atoms in total. The Morgan fingerprint density at radius 1 is 1.18 bits per heavy atom. The molecule has 152 valence electrons. The van der Waals surface area contributed by atoms with Gasteiger partial charge < -0.3 is 15.0 Å². The molecule has 11 heteroatoms. The standard InChI is InChI=1S/C17H19F3N4O4/c1-22-14(25)10-13(21-16(22)27)23-5-7-24(8-6-23)15(26)11-3-2-4-12(9-11)28-17(18,19)20/h2-4,9,13H,5-8,10H2,1H3,(H,21,27). The molecule has 2 fully saturated rings. The van der Waals surface area contributed by atoms with Crippen LogP contribution in [0.4, 0.5) is 18.0 Å². The van der Waals surface area contributed by atoms with E-state index >= 15 is 0 Å². The van der Waals surface area contributed by atoms with E-state index in [4.69, 9.17) is 0 Å². The molecular weight excluding hydrogens is 381 g/mol. The van der Waals surface area contributed by atoms with Gasteiger partial charge in [0.2, 0.25) is 5.91 Å². The number of alkyl halides is 3. The van der Waals surface area contributed by atoms with E-state index in [0.717, 1.165) is 17.0 Å². The molecule has 0 aliphatic carbocycles. The summed E-state index contributed by atoms with van der Waals surface area (Å²) < 4.78 is 40.9. The van der Waals surface area contributed by atoms with Crippen LogP contribution in [-0.4, -0.2) is 78.3 Å². The maximum atomic E-state index is 12.6. The Morgan fingerprint density at radius 3 is 2.46 bits per heavy atom. The lowest BCUT2D eigenvalue weighted by molar-refractivity contribution is -0.274. The molecule has 2 saturated heterocycles. The van der Waals surface area contributed by atoms with Gasteiger partial charge in [-0.2, -0.15) is 0 Å². The Kier molecular flexibility index (Phi) is 5.45. The zero-order chi connectivity index (χ0) is 20.5. The molecule has 0 saturated carbocycles. The molecule has 1 aromatic rings. The highest BCUT2D eigenvalue weighted by molar-refractivity contribution is 5.97. The smallest absolute Gasteiger partial charge is 0.406 e. The molecule has 1 unspecified atom stereocenters. The van der Waals surface area contributed by atoms with Gasteiger partial charge >= 0.3 is 12.4 Å². The van der Waals surface area contributed by atoms with Gasteiger partial charge in [0, 0.05) is 38.8 Å². The van der Waals surface area contributed by atoms with Crippen molar-refractivity contribution >= 4 is 17.8 Å². The minimum atomic E-state index is -4.83. The second-order valence-corrected chi connectivity index (χ2v) is 6.53. The molecule has 1 atom stereocenters. The molecule has 2 heterocycles. The minimum absolute atomic E-state index is 0.0953. The summed E-state index contributed by atoms with van der Waals surface area (Å²) in [5.41, 5.74) is 0.0953. The van der Waals surface area contributed by atoms with Crippen LogP contribution in [0.3, 0.4) is 0 Å². The van der Waals surface area contributed by atoms with Crippen LogP contribution in [0.5, 0.6) is 5.75 Å². The van der Waals surface area contributed by atoms with E-state index in [0.29, 0.717) is 26.2 Å². The predicted molar refractivity (Wildman–Crippen MR) is 90.3 cm³/mol. The fourth-order valence-corrected chi connectivity index (χ4v) is 3.17. The summed E-state index contributed by atoms with van der Waals surface area (Å²) in [4.78, 5) is 40.6. The Labute approximate surface area is 158 Å². The fourth-order valence-electron chi connectivity index (χ4n) is 3.17. The minimum Gasteiger partial charge on any atom is -0.406 e. The quantitative estimate of drug-likeness (QED) is 0.826. The van der Waals surface area contributed by atoms with Crippen molar-refractivity contribution in [1.82, 2.24) is 20.0 Å². The van der Waals surface area contributed by atoms with Gasteiger partial charge in [0.05, 0.1) is 12.6 Å². The highest BCUT2D eigenvalue weighted by Gasteiger charge is 2.35. The number of halogens is 3. The largest absolute Gasteiger partial charge is 0.573 e. The van der Waals surface area contributed by atoms with E-state index in [1.54, 1.807) is 0 Å². The van der Waals surface area contributed by atoms with E-state index in [9.17, 15) is 27.6 Å². The summed E-state index contributed by atoms with van der Waals surface area (Å²) in [6, 6.07) is 4.46. The van der Waals surface area contributed by atoms with Crippen molar-refractivity contribution in [2.45, 2.75) is 18.9 Å². The second kappa shape index (κ2) is 7.66. The summed E-state index contributed by atoms with van der Waals surface area (Å²) >= 11 is 0. The van der Waals surface area contributed by atoms with Crippen molar-refractivity contribution in [2.75, 3.05) is 33.2 Å². The number of amides is 4. The molecule has 1 aromatic carbocycles. The van der Waals surface area contributed by atoms with Gasteiger partial charge in [-0.05, 0) is 18.2 Å². The molecule has 0 radical (unpaired) electrons. The first kappa shape index (κ1) is 19.9. The van der Waals surface area contributed by atoms with Crippen LogP contribution >= 0.6 is 0 Å². The van der Waals surface area contributed by atoms with Gasteiger partial charge in [-0.25, -0.2) is 4.79 Å². The molecule has 4 amide bonds. The number of ether oxygens (including phenoxy) is 1. The van der Waals surface area contributed by atoms with Crippen molar-refractivity contribution in [3.63, 3.8) is 0 Å². The van der Waals surface area contributed by atoms with Crippen molar-refractivity contribution in [2.24, 2.45) is 0 Å². The van der Waals surface area contributed by atoms with Crippen LogP contribution in [0.2, 0.25) is 0 Å². The second-order valence-electron chi connectivity index (χ2n) is 6.53. The summed E-state index contributed by atoms with van der Waals surface area (Å²) in [6.07, 6.45) is -5.12. The third kappa shape index (κ3) is 4.53. The topological polar surface area (TPSA) is 82.2 Å². The molecule has 0 bridgehead atoms. The van der Waals surface area contributed by atoms with Gasteiger partial charge in [-0.3, -0.25) is 19.4 Å². The SMILES string of the molecule is CN1C(=O)CC(N2CCN(C(=O)c3cccc(OC(F)(F)F)c3)CC2)NC1=O. The van der Waals surface area contributed by atoms with Gasteiger partial charge in [-0.1, -0.05) is 6.07 Å². The molecule has 1 N–H and O–H groups in total. The summed E-state index contributed by atoms with van der Waals surface area (Å²) in [5, 5.41) is 2.74. The molecular formula is C17H19F3N4O4. The maximum Gasteiger partial charge on any atom is 0.573 e. The predicted octanol–water partition coefficient (Wildman–Crippen LogP) is 1.24. The van der Waals surface area contributed by atoms with Crippen LogP contribution in [0.1, 0.15) is 16.8 Å². The number of nitrogens with one attached hydrogen (secondary N) is 1. The number of hydrogen-bond donors (Lipinski definition) is 1. The number of imide groups is 1. The van der Waals surface area contributed by atoms with E-state index in [-0.39, 0.29) is 17.9 Å². The van der Waals surface area contributed by atoms with Gasteiger partial charge in [0.25, 0.3) is 5.91 Å². The lowest BCUT2D eigenvalue weighted by Crippen LogP contribution is -2.62. The average Bonchev–Trinajstić information content (AvgIpc) is 2.64. The molecule has 2 aliphatic heterocycles. The zero-order valence-electron chi connectivity index (χ0n) is 15.0. The van der Waals surface area contributed by atoms with Crippen molar-refractivity contribution in [1.29, 1.82) is 0 Å². The summed E-state index contributed by atoms with van der Waals surface area (Å²) in [6.45, 7) is 1.48. The Balaban J connectivity index is 1.59. The third-order valence-corrected chi connectivity index (χ3v) is 4.69. The normalized spacial score (nSPS) is 21.5. The van der Waals surface area contributed by atoms with Crippen molar-refractivity contribution in [3.8, 4) is 5.75 Å². The Bertz CT molecular complexity index is 760. The first-order chi connectivity index (χ1) is 13.1. The first-order valence-corrected chi connectivity index (χ1v) is 8.60. The monoisotopic (exact) mass is 400 g/mol. The molecule has 28 heavy (non-hydrogen) atoms. The molecule has 3 rings (SSSR count). The van der Waals surface area contributed by atoms with Gasteiger partial charge in [0.1, 0.15) is 5.75 Å². The lowest BCUT2D eigenvalue weighted by atomic mass is 10.1. The van der Waals surface area contributed by atoms with Crippen LogP contribution in [0, 0.1) is 0 Å². The summed E-state index contributed by atoms with van der Waals surface area (Å²) in [7, 11) is 1.40. The van der Waals surface area contributed by atoms with Crippen molar-refractivity contribution in [3.05, 3.63) is 29.8 Å². The molecule has 0 spiro atoms. The third-order valence-electron chi connectivity index (χ3n) is 4.69. The zero-order valence-corrected chi connectivity index (χ0v) is 15.0. The van der Waals surface area contributed by atoms with Crippen LogP contribution in [-0.2, 0) is 4.79 Å². The highest BCUT2D eigenvalue weighted by Crippen LogP contribution is 2.24. The number of rotatable bonds is 3. The molecule has 0 aromatic heterocycles. The van der Waals surface area contributed by atoms with Crippen LogP contribution < -0.4 is 10.1 Å². The van der Waals surface area contributed by atoms with Crippen LogP contribution in [0.25, 0.3) is 0 Å². The average molecular weight is 400 g/mol. The van der Waals surface area contributed by atoms with E-state index in [1.807, 2.05) is 4.90 Å². The number of benzene rings is 1. The van der Waals surface area contributed by atoms with E-state index in [2.05, 4.69) is 10.1 Å². The Hall–Kier alpha value is -2.82. The van der Waals surface area contributed by atoms with Crippen molar-refractivity contribution < 1.29 is 32.3 Å². The van der Waals surface area contributed by atoms with Gasteiger partial charge in [-0.15, -0.1) is 13.2 Å². The summed E-state index contributed by atoms with van der Waals surface area (Å²) in [5.74, 6) is -1.14. The number of hydrogen-bond acceptors (Lipinski definition) is 5. The molecule has 2 aliphatic rings. The van der Waals surface area contributed by atoms with Crippen LogP contribution in [0.15, 0.2) is 24.3 Å². The number of urea groups is 1. The number of piperazine rings is 1. The fraction of sp³-hybridized carbons (Fsp3) is 0.471. The van der Waals surface area contributed by atoms with Gasteiger partial charge in [0.15, 0.2) is 0 Å². The number of carbonyl (C=O) groups excluding carboxylic acids is 3. The van der Waals surface area contributed by atoms with E-state index < -0.39 is 30.2 Å². The Morgan fingerprint density at radius 2 is 1.86 bits per heavy atom. The number of nitrogens with zero attached hydrogens (tertiary/aromatic N) is 3.